The third-order valence-electron chi connectivity index (χ3n) is 1.09. The van der Waals surface area contributed by atoms with Gasteiger partial charge in [-0.25, -0.2) is 0 Å². The normalized spacial score (nSPS) is 28.4. The molecule has 0 amide bonds. The first kappa shape index (κ1) is 8.51. The fourth-order valence-corrected chi connectivity index (χ4v) is 6.73. The molecule has 0 aromatic carbocycles. The molecule has 2 aliphatic heterocycles. The second-order valence-electron chi connectivity index (χ2n) is 1.86. The molecule has 11 heavy (non-hydrogen) atoms. The van der Waals surface area contributed by atoms with E-state index in [4.69, 9.17) is 17.6 Å². The first-order chi connectivity index (χ1) is 5.45. The number of rotatable bonds is 2. The minimum absolute atomic E-state index is 0.655. The molecule has 2 saturated heterocycles. The molecule has 2 fully saturated rings. The van der Waals surface area contributed by atoms with E-state index in [0.29, 0.717) is 26.4 Å². The van der Waals surface area contributed by atoms with E-state index >= 15 is 0 Å². The van der Waals surface area contributed by atoms with Crippen LogP contribution in [0.15, 0.2) is 0 Å². The van der Waals surface area contributed by atoms with E-state index in [1.54, 1.807) is 0 Å². The Bertz CT molecular complexity index is 108. The van der Waals surface area contributed by atoms with Crippen LogP contribution in [0, 0.1) is 0 Å². The molecule has 2 aliphatic rings. The molecular weight excluding hydrogens is 278 g/mol. The average molecular weight is 286 g/mol. The summed E-state index contributed by atoms with van der Waals surface area (Å²) in [6.07, 6.45) is 0. The van der Waals surface area contributed by atoms with Gasteiger partial charge < -0.3 is 0 Å². The van der Waals surface area contributed by atoms with E-state index in [9.17, 15) is 0 Å². The van der Waals surface area contributed by atoms with Crippen LogP contribution in [-0.4, -0.2) is 57.8 Å². The van der Waals surface area contributed by atoms with Gasteiger partial charge in [0.2, 0.25) is 0 Å². The molecule has 0 aromatic rings. The summed E-state index contributed by atoms with van der Waals surface area (Å²) in [7, 11) is 0. The van der Waals surface area contributed by atoms with Gasteiger partial charge in [0, 0.05) is 0 Å². The van der Waals surface area contributed by atoms with Crippen molar-refractivity contribution in [3.05, 3.63) is 0 Å². The van der Waals surface area contributed by atoms with Crippen LogP contribution in [0.2, 0.25) is 0 Å². The van der Waals surface area contributed by atoms with Crippen molar-refractivity contribution in [1.29, 1.82) is 0 Å². The van der Waals surface area contributed by atoms with Crippen LogP contribution in [0.3, 0.4) is 0 Å². The fraction of sp³-hybridized carbons (Fsp3) is 1.00. The summed E-state index contributed by atoms with van der Waals surface area (Å²) in [5.41, 5.74) is 0. The fourth-order valence-electron chi connectivity index (χ4n) is 0.670. The maximum absolute atomic E-state index is 5.38. The Morgan fingerprint density at radius 1 is 0.727 bits per heavy atom. The minimum atomic E-state index is -1.88. The summed E-state index contributed by atoms with van der Waals surface area (Å²) < 4.78 is 26.1. The summed E-state index contributed by atoms with van der Waals surface area (Å²) >= 11 is -3.77. The van der Waals surface area contributed by atoms with Crippen molar-refractivity contribution in [2.75, 3.05) is 26.4 Å². The van der Waals surface area contributed by atoms with Gasteiger partial charge in [0.1, 0.15) is 0 Å². The van der Waals surface area contributed by atoms with Gasteiger partial charge >= 0.3 is 75.4 Å². The Morgan fingerprint density at radius 2 is 1.09 bits per heavy atom. The molecule has 0 radical (unpaired) electrons. The van der Waals surface area contributed by atoms with E-state index in [-0.39, 0.29) is 0 Å². The molecule has 64 valence electrons. The van der Waals surface area contributed by atoms with Gasteiger partial charge in [-0.3, -0.25) is 0 Å². The predicted molar refractivity (Wildman–Crippen MR) is 36.4 cm³/mol. The van der Waals surface area contributed by atoms with Crippen molar-refractivity contribution in [3.63, 3.8) is 0 Å². The third kappa shape index (κ3) is 2.43. The van der Waals surface area contributed by atoms with Gasteiger partial charge in [-0.05, 0) is 0 Å². The van der Waals surface area contributed by atoms with Crippen LogP contribution in [0.25, 0.3) is 0 Å². The van der Waals surface area contributed by atoms with Gasteiger partial charge in [0.15, 0.2) is 0 Å². The van der Waals surface area contributed by atoms with Crippen LogP contribution in [0.1, 0.15) is 0 Å². The van der Waals surface area contributed by atoms with Crippen molar-refractivity contribution < 1.29 is 17.6 Å². The molecule has 0 bridgehead atoms. The summed E-state index contributed by atoms with van der Waals surface area (Å²) in [5.74, 6) is 0. The first-order valence-electron chi connectivity index (χ1n) is 3.25. The van der Waals surface area contributed by atoms with Crippen molar-refractivity contribution >= 4 is 31.4 Å². The van der Waals surface area contributed by atoms with Crippen molar-refractivity contribution in [1.82, 2.24) is 0 Å². The predicted octanol–water partition coefficient (Wildman–Crippen LogP) is -0.934. The third-order valence-corrected chi connectivity index (χ3v) is 7.85. The standard InChI is InChI=1S/C4H8As2O5/c1-2-8-5(7-1)11-6-9-3-4-10-6/h1-4H2. The summed E-state index contributed by atoms with van der Waals surface area (Å²) in [6.45, 7) is 2.62. The number of hydrogen-bond donors (Lipinski definition) is 0. The molecule has 0 aliphatic carbocycles. The molecule has 5 nitrogen and oxygen atoms in total. The van der Waals surface area contributed by atoms with Crippen LogP contribution in [0.5, 0.6) is 0 Å². The second-order valence-corrected chi connectivity index (χ2v) is 8.03. The average Bonchev–Trinajstić information content (AvgIpc) is 2.60. The van der Waals surface area contributed by atoms with E-state index in [2.05, 4.69) is 0 Å². The van der Waals surface area contributed by atoms with Crippen LogP contribution < -0.4 is 0 Å². The molecule has 0 aromatic heterocycles. The molecule has 0 unspecified atom stereocenters. The first-order valence-corrected chi connectivity index (χ1v) is 7.85. The van der Waals surface area contributed by atoms with Gasteiger partial charge in [0.05, 0.1) is 0 Å². The summed E-state index contributed by atoms with van der Waals surface area (Å²) in [6, 6.07) is 0. The van der Waals surface area contributed by atoms with Gasteiger partial charge in [-0.2, -0.15) is 0 Å². The van der Waals surface area contributed by atoms with Crippen molar-refractivity contribution in [3.8, 4) is 0 Å². The SMILES string of the molecule is C1CO[As](O[As]2OCCO2)O1. The number of hydrogen-bond acceptors (Lipinski definition) is 5. The topological polar surface area (TPSA) is 46.2 Å². The molecule has 2 rings (SSSR count). The monoisotopic (exact) mass is 286 g/mol. The van der Waals surface area contributed by atoms with Crippen LogP contribution >= 0.6 is 0 Å². The van der Waals surface area contributed by atoms with E-state index in [1.165, 1.54) is 0 Å². The zero-order valence-corrected chi connectivity index (χ0v) is 9.52. The molecule has 7 heteroatoms. The Kier molecular flexibility index (Phi) is 3.28. The quantitative estimate of drug-likeness (QED) is 0.614. The molecular formula is C4H8As2O5. The molecule has 0 N–H and O–H groups in total. The van der Waals surface area contributed by atoms with E-state index < -0.39 is 31.4 Å². The van der Waals surface area contributed by atoms with E-state index in [1.807, 2.05) is 0 Å². The summed E-state index contributed by atoms with van der Waals surface area (Å²) in [4.78, 5) is 0. The van der Waals surface area contributed by atoms with Crippen LogP contribution in [-0.2, 0) is 17.6 Å². The van der Waals surface area contributed by atoms with Gasteiger partial charge in [-0.15, -0.1) is 0 Å². The van der Waals surface area contributed by atoms with Gasteiger partial charge in [-0.1, -0.05) is 0 Å². The zero-order chi connectivity index (χ0) is 7.52. The van der Waals surface area contributed by atoms with Crippen molar-refractivity contribution in [2.45, 2.75) is 0 Å². The Labute approximate surface area is 75.5 Å². The Morgan fingerprint density at radius 3 is 1.45 bits per heavy atom. The molecule has 0 spiro atoms. The molecule has 2 heterocycles. The van der Waals surface area contributed by atoms with Gasteiger partial charge in [0.25, 0.3) is 0 Å². The van der Waals surface area contributed by atoms with Crippen molar-refractivity contribution in [2.24, 2.45) is 0 Å². The Balaban J connectivity index is 1.71. The molecule has 0 atom stereocenters. The summed E-state index contributed by atoms with van der Waals surface area (Å²) in [5, 5.41) is 0. The second kappa shape index (κ2) is 4.24. The maximum atomic E-state index is 5.38. The Hall–Kier alpha value is 0.917. The zero-order valence-electron chi connectivity index (χ0n) is 5.76. The molecule has 0 saturated carbocycles. The van der Waals surface area contributed by atoms with Crippen LogP contribution in [0.4, 0.5) is 0 Å². The van der Waals surface area contributed by atoms with E-state index in [0.717, 1.165) is 0 Å².